The predicted octanol–water partition coefficient (Wildman–Crippen LogP) is 3.24. The number of hydrogen-bond acceptors (Lipinski definition) is 9. The molecule has 0 bridgehead atoms. The number of piperazine rings is 1. The number of anilines is 1. The molecule has 51 heavy (non-hydrogen) atoms. The quantitative estimate of drug-likeness (QED) is 0.399. The Kier molecular flexibility index (Phi) is 11.7. The van der Waals surface area contributed by atoms with Crippen LogP contribution in [0.3, 0.4) is 0 Å². The lowest BCUT2D eigenvalue weighted by molar-refractivity contribution is -0.122. The highest BCUT2D eigenvalue weighted by atomic mass is 19.1. The Morgan fingerprint density at radius 1 is 0.941 bits per heavy atom. The summed E-state index contributed by atoms with van der Waals surface area (Å²) < 4.78 is 31.1. The van der Waals surface area contributed by atoms with Gasteiger partial charge >= 0.3 is 6.09 Å². The highest BCUT2D eigenvalue weighted by Crippen LogP contribution is 2.36. The van der Waals surface area contributed by atoms with E-state index in [0.717, 1.165) is 18.4 Å². The minimum atomic E-state index is -0.968. The summed E-state index contributed by atoms with van der Waals surface area (Å²) in [5.41, 5.74) is 2.07. The van der Waals surface area contributed by atoms with E-state index in [1.807, 2.05) is 19.9 Å². The molecule has 1 unspecified atom stereocenters. The minimum absolute atomic E-state index is 0.0694. The number of morpholine rings is 1. The van der Waals surface area contributed by atoms with Gasteiger partial charge in [-0.2, -0.15) is 0 Å². The Morgan fingerprint density at radius 2 is 1.65 bits per heavy atom. The third kappa shape index (κ3) is 8.62. The number of pyridine rings is 1. The number of ether oxygens (including phenoxy) is 3. The van der Waals surface area contributed by atoms with E-state index in [1.165, 1.54) is 17.0 Å². The van der Waals surface area contributed by atoms with Crippen LogP contribution in [0.5, 0.6) is 5.88 Å². The molecule has 4 aliphatic heterocycles. The monoisotopic (exact) mass is 710 g/mol. The first-order valence-corrected chi connectivity index (χ1v) is 18.1. The van der Waals surface area contributed by atoms with Crippen LogP contribution in [0.4, 0.5) is 14.9 Å². The summed E-state index contributed by atoms with van der Waals surface area (Å²) in [6.07, 6.45) is 1.07. The molecule has 0 saturated carbocycles. The molecule has 5 heterocycles. The molecule has 1 aromatic carbocycles. The average Bonchev–Trinajstić information content (AvgIpc) is 3.10. The van der Waals surface area contributed by atoms with Crippen LogP contribution < -0.4 is 15.0 Å². The zero-order valence-corrected chi connectivity index (χ0v) is 30.1. The van der Waals surface area contributed by atoms with E-state index in [9.17, 15) is 23.9 Å². The Hall–Kier alpha value is -3.85. The maximum absolute atomic E-state index is 14.4. The van der Waals surface area contributed by atoms with Crippen LogP contribution in [0.2, 0.25) is 0 Å². The van der Waals surface area contributed by atoms with Crippen molar-refractivity contribution in [3.8, 4) is 5.88 Å². The highest BCUT2D eigenvalue weighted by Gasteiger charge is 2.40. The number of fused-ring (bicyclic) bond motifs is 1. The van der Waals surface area contributed by atoms with Crippen molar-refractivity contribution in [2.45, 2.75) is 77.2 Å². The number of benzene rings is 1. The minimum Gasteiger partial charge on any atom is -0.474 e. The first-order valence-electron chi connectivity index (χ1n) is 18.1. The van der Waals surface area contributed by atoms with Crippen LogP contribution in [0.15, 0.2) is 30.3 Å². The van der Waals surface area contributed by atoms with Crippen molar-refractivity contribution in [2.24, 2.45) is 5.92 Å². The van der Waals surface area contributed by atoms with Gasteiger partial charge in [-0.25, -0.2) is 14.2 Å². The van der Waals surface area contributed by atoms with Gasteiger partial charge in [0, 0.05) is 63.6 Å². The van der Waals surface area contributed by atoms with Crippen molar-refractivity contribution < 1.29 is 38.1 Å². The van der Waals surface area contributed by atoms with E-state index in [2.05, 4.69) is 29.0 Å². The number of carbonyl (C=O) groups excluding carboxylic acids is 2. The summed E-state index contributed by atoms with van der Waals surface area (Å²) in [6, 6.07) is 7.40. The molecule has 6 rings (SSSR count). The summed E-state index contributed by atoms with van der Waals surface area (Å²) in [7, 11) is 0. The van der Waals surface area contributed by atoms with E-state index in [4.69, 9.17) is 19.2 Å². The van der Waals surface area contributed by atoms with Gasteiger partial charge in [0.25, 0.3) is 5.91 Å². The molecule has 5 atom stereocenters. The van der Waals surface area contributed by atoms with Gasteiger partial charge in [0.2, 0.25) is 11.8 Å². The number of nitrogens with one attached hydrogen (secondary N) is 1. The Labute approximate surface area is 299 Å². The molecule has 3 fully saturated rings. The van der Waals surface area contributed by atoms with E-state index >= 15 is 0 Å². The van der Waals surface area contributed by atoms with Crippen molar-refractivity contribution in [3.63, 3.8) is 0 Å². The third-order valence-corrected chi connectivity index (χ3v) is 10.7. The highest BCUT2D eigenvalue weighted by molar-refractivity contribution is 5.99. The first kappa shape index (κ1) is 36.9. The Bertz CT molecular complexity index is 1550. The molecule has 0 radical (unpaired) electrons. The molecule has 1 aromatic heterocycles. The maximum Gasteiger partial charge on any atom is 0.407 e. The van der Waals surface area contributed by atoms with Gasteiger partial charge in [0.1, 0.15) is 23.8 Å². The lowest BCUT2D eigenvalue weighted by atomic mass is 9.99. The number of aromatic nitrogens is 1. The molecule has 14 heteroatoms. The normalized spacial score (nSPS) is 26.3. The molecule has 2 aromatic rings. The number of carbonyl (C=O) groups is 3. The fourth-order valence-corrected chi connectivity index (χ4v) is 7.75. The largest absolute Gasteiger partial charge is 0.474 e. The van der Waals surface area contributed by atoms with E-state index < -0.39 is 6.09 Å². The molecular weight excluding hydrogens is 659 g/mol. The van der Waals surface area contributed by atoms with Crippen LogP contribution >= 0.6 is 0 Å². The van der Waals surface area contributed by atoms with Crippen molar-refractivity contribution in [3.05, 3.63) is 53.0 Å². The second kappa shape index (κ2) is 16.2. The Morgan fingerprint density at radius 3 is 2.33 bits per heavy atom. The zero-order valence-electron chi connectivity index (χ0n) is 30.1. The van der Waals surface area contributed by atoms with Crippen molar-refractivity contribution in [2.75, 3.05) is 70.7 Å². The molecule has 4 aliphatic rings. The second-order valence-electron chi connectivity index (χ2n) is 14.6. The van der Waals surface area contributed by atoms with Crippen LogP contribution in [-0.2, 0) is 20.7 Å². The SMILES string of the molecule is CC1COc2nc(C(=O)NCC3CCOCC3)c(Cc3ccc(F)cc3)cc2N1C(=O)CN1C[C@@H](C)N(C(=O)O)C[C@@H]1CN1[C@H](C)COC[C@H]1C. The third-order valence-electron chi connectivity index (χ3n) is 10.7. The number of amides is 3. The number of rotatable bonds is 9. The van der Waals surface area contributed by atoms with Crippen LogP contribution in [0.25, 0.3) is 0 Å². The summed E-state index contributed by atoms with van der Waals surface area (Å²) in [5.74, 6) is -0.338. The smallest absolute Gasteiger partial charge is 0.407 e. The lowest BCUT2D eigenvalue weighted by Crippen LogP contribution is -2.65. The number of hydrogen-bond donors (Lipinski definition) is 2. The molecular formula is C37H51FN6O7. The van der Waals surface area contributed by atoms with E-state index in [0.29, 0.717) is 69.7 Å². The average molecular weight is 711 g/mol. The first-order chi connectivity index (χ1) is 24.5. The number of nitrogens with zero attached hydrogens (tertiary/aromatic N) is 5. The van der Waals surface area contributed by atoms with Gasteiger partial charge in [0.15, 0.2) is 0 Å². The van der Waals surface area contributed by atoms with E-state index in [-0.39, 0.29) is 79.1 Å². The molecule has 278 valence electrons. The standard InChI is InChI=1S/C37H51FN6O7/c1-23-16-41(31(18-43(23)37(47)48)17-42-24(2)20-50-21-25(42)3)19-33(45)44-26(4)22-51-36-32(44)14-29(13-27-5-7-30(38)8-6-27)34(40-36)35(46)39-15-28-9-11-49-12-10-28/h5-8,14,23-26,28,31H,9-13,15-22H2,1-4H3,(H,39,46)(H,47,48)/t23-,24-,25-,26?,31+/m1/s1. The molecule has 3 saturated heterocycles. The lowest BCUT2D eigenvalue weighted by Gasteiger charge is -2.48. The van der Waals surface area contributed by atoms with Crippen molar-refractivity contribution >= 4 is 23.6 Å². The number of carboxylic acid groups (broad SMARTS) is 1. The van der Waals surface area contributed by atoms with Crippen molar-refractivity contribution in [1.29, 1.82) is 0 Å². The number of halogens is 1. The Balaban J connectivity index is 1.27. The van der Waals surface area contributed by atoms with Crippen molar-refractivity contribution in [1.82, 2.24) is 25.0 Å². The molecule has 3 amide bonds. The maximum atomic E-state index is 14.4. The van der Waals surface area contributed by atoms with E-state index in [1.54, 1.807) is 17.0 Å². The van der Waals surface area contributed by atoms with Crippen LogP contribution in [0.1, 0.15) is 62.2 Å². The molecule has 0 aliphatic carbocycles. The summed E-state index contributed by atoms with van der Waals surface area (Å²) in [4.78, 5) is 52.6. The molecule has 13 nitrogen and oxygen atoms in total. The molecule has 2 N–H and O–H groups in total. The van der Waals surface area contributed by atoms with Gasteiger partial charge in [-0.05, 0) is 82.2 Å². The summed E-state index contributed by atoms with van der Waals surface area (Å²) in [5, 5.41) is 13.0. The fourth-order valence-electron chi connectivity index (χ4n) is 7.75. The summed E-state index contributed by atoms with van der Waals surface area (Å²) >= 11 is 0. The second-order valence-corrected chi connectivity index (χ2v) is 14.6. The van der Waals surface area contributed by atoms with Gasteiger partial charge in [-0.15, -0.1) is 0 Å². The fraction of sp³-hybridized carbons (Fsp3) is 0.622. The predicted molar refractivity (Wildman–Crippen MR) is 188 cm³/mol. The topological polar surface area (TPSA) is 137 Å². The van der Waals surface area contributed by atoms with Crippen LogP contribution in [0, 0.1) is 11.7 Å². The van der Waals surface area contributed by atoms with Gasteiger partial charge in [-0.1, -0.05) is 12.1 Å². The summed E-state index contributed by atoms with van der Waals surface area (Å²) in [6.45, 7) is 12.6. The van der Waals surface area contributed by atoms with Gasteiger partial charge in [-0.3, -0.25) is 19.4 Å². The van der Waals surface area contributed by atoms with Crippen LogP contribution in [-0.4, -0.2) is 139 Å². The van der Waals surface area contributed by atoms with Gasteiger partial charge in [0.05, 0.1) is 25.8 Å². The van der Waals surface area contributed by atoms with Gasteiger partial charge < -0.3 is 34.4 Å². The zero-order chi connectivity index (χ0) is 36.2. The molecule has 0 spiro atoms.